The number of nitrogens with zero attached hydrogens (tertiary/aromatic N) is 3. The smallest absolute Gasteiger partial charge is 0.258 e. The van der Waals surface area contributed by atoms with E-state index in [9.17, 15) is 9.59 Å². The van der Waals surface area contributed by atoms with Gasteiger partial charge in [-0.05, 0) is 42.5 Å². The van der Waals surface area contributed by atoms with Crippen LogP contribution in [0.2, 0.25) is 5.02 Å². The quantitative estimate of drug-likeness (QED) is 0.261. The number of aromatic nitrogens is 1. The van der Waals surface area contributed by atoms with Gasteiger partial charge in [0.15, 0.2) is 0 Å². The first-order valence-corrected chi connectivity index (χ1v) is 10.8. The molecule has 3 aromatic rings. The van der Waals surface area contributed by atoms with Crippen LogP contribution in [0.5, 0.6) is 0 Å². The molecule has 0 saturated carbocycles. The van der Waals surface area contributed by atoms with E-state index in [1.165, 1.54) is 18.3 Å². The minimum Gasteiger partial charge on any atom is -0.359 e. The van der Waals surface area contributed by atoms with E-state index in [4.69, 9.17) is 28.7 Å². The minimum absolute atomic E-state index is 0.159. The first-order valence-electron chi connectivity index (χ1n) is 10.4. The Morgan fingerprint density at radius 2 is 1.80 bits per heavy atom. The van der Waals surface area contributed by atoms with Crippen molar-refractivity contribution in [2.75, 3.05) is 24.2 Å². The summed E-state index contributed by atoms with van der Waals surface area (Å²) < 4.78 is 0. The molecule has 35 heavy (non-hydrogen) atoms. The van der Waals surface area contributed by atoms with Crippen LogP contribution < -0.4 is 10.6 Å². The molecule has 0 atom stereocenters. The van der Waals surface area contributed by atoms with E-state index >= 15 is 0 Å². The highest BCUT2D eigenvalue weighted by Crippen LogP contribution is 2.23. The highest BCUT2D eigenvalue weighted by molar-refractivity contribution is 6.31. The summed E-state index contributed by atoms with van der Waals surface area (Å²) in [7, 11) is 1.73. The van der Waals surface area contributed by atoms with Crippen LogP contribution in [0.1, 0.15) is 38.3 Å². The van der Waals surface area contributed by atoms with E-state index < -0.39 is 11.8 Å². The summed E-state index contributed by atoms with van der Waals surface area (Å²) in [5.74, 6) is 2.05. The summed E-state index contributed by atoms with van der Waals surface area (Å²) in [5.41, 5.74) is 1.95. The number of hydrogen-bond acceptors (Lipinski definition) is 5. The Labute approximate surface area is 208 Å². The number of pyridine rings is 1. The first-order chi connectivity index (χ1) is 16.8. The monoisotopic (exact) mass is 484 g/mol. The Balaban J connectivity index is 1.74. The number of halogens is 1. The lowest BCUT2D eigenvalue weighted by Gasteiger charge is -2.18. The van der Waals surface area contributed by atoms with Crippen molar-refractivity contribution < 1.29 is 9.59 Å². The number of nitriles is 1. The summed E-state index contributed by atoms with van der Waals surface area (Å²) in [5, 5.41) is 22.7. The van der Waals surface area contributed by atoms with Crippen LogP contribution in [-0.2, 0) is 0 Å². The van der Waals surface area contributed by atoms with Gasteiger partial charge in [-0.1, -0.05) is 29.7 Å². The van der Waals surface area contributed by atoms with Gasteiger partial charge in [-0.15, -0.1) is 6.42 Å². The predicted molar refractivity (Wildman–Crippen MR) is 136 cm³/mol. The number of nitrogens with one attached hydrogen (secondary N) is 3. The number of anilines is 2. The zero-order valence-electron chi connectivity index (χ0n) is 18.8. The minimum atomic E-state index is -0.507. The molecule has 1 heterocycles. The fourth-order valence-electron chi connectivity index (χ4n) is 3.07. The van der Waals surface area contributed by atoms with Crippen LogP contribution in [0.15, 0.2) is 60.8 Å². The average Bonchev–Trinajstić information content (AvgIpc) is 2.88. The number of carbonyl (C=O) groups is 2. The fourth-order valence-corrected chi connectivity index (χ4v) is 3.25. The van der Waals surface area contributed by atoms with Crippen molar-refractivity contribution in [3.8, 4) is 18.4 Å². The van der Waals surface area contributed by atoms with Gasteiger partial charge < -0.3 is 15.5 Å². The first kappa shape index (κ1) is 25.0. The molecule has 0 aliphatic carbocycles. The zero-order chi connectivity index (χ0) is 25.4. The van der Waals surface area contributed by atoms with Crippen LogP contribution in [0, 0.1) is 29.1 Å². The number of amidine groups is 1. The molecule has 3 N–H and O–H groups in total. The predicted octanol–water partition coefficient (Wildman–Crippen LogP) is 4.39. The number of carbonyl (C=O) groups excluding carboxylic acids is 2. The molecule has 1 aromatic heterocycles. The van der Waals surface area contributed by atoms with Gasteiger partial charge in [0.1, 0.15) is 11.7 Å². The van der Waals surface area contributed by atoms with Gasteiger partial charge in [-0.25, -0.2) is 4.98 Å². The summed E-state index contributed by atoms with van der Waals surface area (Å²) in [6, 6.07) is 16.3. The molecule has 0 radical (unpaired) electrons. The van der Waals surface area contributed by atoms with Gasteiger partial charge in [-0.2, -0.15) is 5.26 Å². The van der Waals surface area contributed by atoms with E-state index in [2.05, 4.69) is 21.5 Å². The van der Waals surface area contributed by atoms with Crippen molar-refractivity contribution in [3.05, 3.63) is 88.1 Å². The number of amides is 2. The highest BCUT2D eigenvalue weighted by Gasteiger charge is 2.17. The largest absolute Gasteiger partial charge is 0.359 e. The van der Waals surface area contributed by atoms with Crippen molar-refractivity contribution in [1.82, 2.24) is 9.88 Å². The van der Waals surface area contributed by atoms with Gasteiger partial charge in [0.25, 0.3) is 11.8 Å². The fraction of sp³-hybridized carbons (Fsp3) is 0.115. The Morgan fingerprint density at radius 1 is 1.09 bits per heavy atom. The van der Waals surface area contributed by atoms with Crippen molar-refractivity contribution in [2.24, 2.45) is 0 Å². The SMILES string of the molecule is C#Cc1ccc(NC(=O)c2cc(Cl)ccc2NC(=O)c2ccc(C(=N)N(C)CCC#N)cc2)nc1. The van der Waals surface area contributed by atoms with Gasteiger partial charge >= 0.3 is 0 Å². The summed E-state index contributed by atoms with van der Waals surface area (Å²) in [6.07, 6.45) is 7.09. The third-order valence-electron chi connectivity index (χ3n) is 5.01. The van der Waals surface area contributed by atoms with Crippen molar-refractivity contribution >= 4 is 40.8 Å². The van der Waals surface area contributed by atoms with E-state index in [0.29, 0.717) is 40.5 Å². The number of hydrogen-bond donors (Lipinski definition) is 3. The molecule has 2 aromatic carbocycles. The van der Waals surface area contributed by atoms with Gasteiger partial charge in [0.2, 0.25) is 0 Å². The van der Waals surface area contributed by atoms with Crippen molar-refractivity contribution in [3.63, 3.8) is 0 Å². The molecule has 0 aliphatic heterocycles. The molecule has 8 nitrogen and oxygen atoms in total. The lowest BCUT2D eigenvalue weighted by atomic mass is 10.1. The van der Waals surface area contributed by atoms with E-state index in [0.717, 1.165) is 0 Å². The van der Waals surface area contributed by atoms with Crippen LogP contribution in [0.25, 0.3) is 0 Å². The maximum absolute atomic E-state index is 12.9. The number of rotatable bonds is 7. The van der Waals surface area contributed by atoms with Gasteiger partial charge in [0, 0.05) is 41.5 Å². The molecule has 0 spiro atoms. The second kappa shape index (κ2) is 11.5. The molecule has 0 saturated heterocycles. The van der Waals surface area contributed by atoms with E-state index in [1.807, 2.05) is 6.07 Å². The molecule has 3 rings (SSSR count). The van der Waals surface area contributed by atoms with E-state index in [-0.39, 0.29) is 17.1 Å². The standard InChI is InChI=1S/C26H21ClN6O2/c1-3-17-5-12-23(30-16-17)32-26(35)21-15-20(27)10-11-22(21)31-25(34)19-8-6-18(7-9-19)24(29)33(2)14-4-13-28/h1,5-12,15-16,29H,4,14H2,2H3,(H,31,34)(H,30,32,35). The normalized spacial score (nSPS) is 9.94. The Hall–Kier alpha value is -4.66. The molecular weight excluding hydrogens is 464 g/mol. The lowest BCUT2D eigenvalue weighted by molar-refractivity contribution is 0.102. The second-order valence-electron chi connectivity index (χ2n) is 7.43. The Kier molecular flexibility index (Phi) is 8.18. The van der Waals surface area contributed by atoms with Gasteiger partial charge in [-0.3, -0.25) is 15.0 Å². The third kappa shape index (κ3) is 6.44. The lowest BCUT2D eigenvalue weighted by Crippen LogP contribution is -2.27. The molecule has 0 unspecified atom stereocenters. The molecule has 9 heteroatoms. The van der Waals surface area contributed by atoms with Crippen LogP contribution in [-0.4, -0.2) is 41.1 Å². The van der Waals surface area contributed by atoms with E-state index in [1.54, 1.807) is 54.4 Å². The van der Waals surface area contributed by atoms with Crippen molar-refractivity contribution in [2.45, 2.75) is 6.42 Å². The third-order valence-corrected chi connectivity index (χ3v) is 5.24. The highest BCUT2D eigenvalue weighted by atomic mass is 35.5. The molecule has 2 amide bonds. The molecule has 0 aliphatic rings. The average molecular weight is 485 g/mol. The van der Waals surface area contributed by atoms with Crippen molar-refractivity contribution in [1.29, 1.82) is 10.7 Å². The zero-order valence-corrected chi connectivity index (χ0v) is 19.6. The summed E-state index contributed by atoms with van der Waals surface area (Å²) >= 11 is 6.09. The summed E-state index contributed by atoms with van der Waals surface area (Å²) in [6.45, 7) is 0.433. The second-order valence-corrected chi connectivity index (χ2v) is 7.87. The maximum Gasteiger partial charge on any atom is 0.258 e. The number of benzene rings is 2. The maximum atomic E-state index is 12.9. The van der Waals surface area contributed by atoms with Crippen LogP contribution >= 0.6 is 11.6 Å². The Morgan fingerprint density at radius 3 is 2.43 bits per heavy atom. The molecular formula is C26H21ClN6O2. The molecule has 0 fully saturated rings. The topological polar surface area (TPSA) is 122 Å². The Bertz CT molecular complexity index is 1340. The molecule has 174 valence electrons. The summed E-state index contributed by atoms with van der Waals surface area (Å²) in [4.78, 5) is 31.5. The van der Waals surface area contributed by atoms with Crippen LogP contribution in [0.4, 0.5) is 11.5 Å². The van der Waals surface area contributed by atoms with Crippen LogP contribution in [0.3, 0.4) is 0 Å². The number of terminal acetylenes is 1. The molecule has 0 bridgehead atoms. The van der Waals surface area contributed by atoms with Gasteiger partial charge in [0.05, 0.1) is 23.7 Å².